The summed E-state index contributed by atoms with van der Waals surface area (Å²) in [5.41, 5.74) is -4.27. The molecule has 0 unspecified atom stereocenters. The molecule has 4 fully saturated rings. The quantitative estimate of drug-likeness (QED) is 0.133. The van der Waals surface area contributed by atoms with Crippen LogP contribution in [0.25, 0.3) is 0 Å². The van der Waals surface area contributed by atoms with E-state index in [9.17, 15) is 30.0 Å². The van der Waals surface area contributed by atoms with Crippen molar-refractivity contribution in [1.29, 1.82) is 0 Å². The predicted octanol–water partition coefficient (Wildman–Crippen LogP) is 3.23. The minimum absolute atomic E-state index is 0.0658. The number of nitrogens with one attached hydrogen (secondary N) is 1. The van der Waals surface area contributed by atoms with Crippen LogP contribution in [0.4, 0.5) is 0 Å². The first kappa shape index (κ1) is 53.1. The van der Waals surface area contributed by atoms with Gasteiger partial charge in [0.1, 0.15) is 30.0 Å². The summed E-state index contributed by atoms with van der Waals surface area (Å²) in [4.78, 5) is 31.2. The largest absolute Gasteiger partial charge is 0.459 e. The summed E-state index contributed by atoms with van der Waals surface area (Å²) in [7, 11) is 7.25. The fraction of sp³-hybridized carbons (Fsp3) is 0.957. The van der Waals surface area contributed by atoms with Gasteiger partial charge in [-0.1, -0.05) is 27.2 Å². The Kier molecular flexibility index (Phi) is 19.1. The van der Waals surface area contributed by atoms with Crippen LogP contribution in [0.3, 0.4) is 0 Å². The van der Waals surface area contributed by atoms with Gasteiger partial charge in [-0.3, -0.25) is 9.59 Å². The molecule has 3 saturated heterocycles. The Morgan fingerprint density at radius 3 is 2.23 bits per heavy atom. The zero-order valence-electron chi connectivity index (χ0n) is 40.4. The number of nitrogens with zero attached hydrogens (tertiary/aromatic N) is 2. The molecule has 1 saturated carbocycles. The van der Waals surface area contributed by atoms with Crippen LogP contribution in [0, 0.1) is 23.7 Å². The van der Waals surface area contributed by atoms with Crippen LogP contribution < -0.4 is 5.32 Å². The molecular formula is C46H85N3O13. The van der Waals surface area contributed by atoms with Crippen molar-refractivity contribution < 1.29 is 63.2 Å². The van der Waals surface area contributed by atoms with Crippen molar-refractivity contribution >= 4 is 11.9 Å². The molecule has 4 rings (SSSR count). The molecule has 18 atom stereocenters. The van der Waals surface area contributed by atoms with Crippen molar-refractivity contribution in [2.75, 3.05) is 47.9 Å². The number of carbonyl (C=O) groups excluding carboxylic acids is 2. The second-order valence-electron chi connectivity index (χ2n) is 20.3. The van der Waals surface area contributed by atoms with Crippen molar-refractivity contribution in [3.05, 3.63) is 0 Å². The van der Waals surface area contributed by atoms with Crippen molar-refractivity contribution in [2.45, 2.75) is 211 Å². The standard InChI is InChI=1S/C46H85N3O13/c1-15-34-46(10,55)40(57-21-17-20-47-41(52)32-18-16-19-32)30(6)49(13)25-26(2)23-44(8,54)39(62-43-36(50)33(48(11)12)22-27(3)58-43)28(4)37(29(5)42(53)60-34)61-35-24-45(9,56-14)38(51)31(7)59-35/h26-40,43,50-51,54-55H,15-25H2,1-14H3,(H,47,52)/t26-,27-,28+,29-,30-,31+,33+,34-,35+,36-,37+,38+,39-,40-,43+,44-,45-,46-/m1/s1. The minimum atomic E-state index is -1.66. The van der Waals surface area contributed by atoms with Crippen molar-refractivity contribution in [3.8, 4) is 0 Å². The Hall–Kier alpha value is -1.54. The first-order valence-electron chi connectivity index (χ1n) is 23.3. The maximum Gasteiger partial charge on any atom is 0.311 e. The molecular weight excluding hydrogens is 803 g/mol. The lowest BCUT2D eigenvalue weighted by Gasteiger charge is -2.48. The normalized spacial score (nSPS) is 44.8. The van der Waals surface area contributed by atoms with Crippen LogP contribution in [-0.4, -0.2) is 180 Å². The summed E-state index contributed by atoms with van der Waals surface area (Å²) < 4.78 is 44.8. The fourth-order valence-corrected chi connectivity index (χ4v) is 10.3. The Balaban J connectivity index is 1.74. The average Bonchev–Trinajstić information content (AvgIpc) is 3.16. The fourth-order valence-electron chi connectivity index (χ4n) is 10.3. The van der Waals surface area contributed by atoms with Gasteiger partial charge < -0.3 is 68.7 Å². The zero-order valence-corrected chi connectivity index (χ0v) is 40.4. The number of amides is 1. The molecule has 16 heteroatoms. The number of hydrogen-bond donors (Lipinski definition) is 5. The summed E-state index contributed by atoms with van der Waals surface area (Å²) in [6.45, 7) is 19.3. The summed E-state index contributed by atoms with van der Waals surface area (Å²) in [6.07, 6.45) is -4.27. The number of aliphatic hydroxyl groups excluding tert-OH is 2. The smallest absolute Gasteiger partial charge is 0.311 e. The third-order valence-corrected chi connectivity index (χ3v) is 14.6. The van der Waals surface area contributed by atoms with Gasteiger partial charge in [-0.2, -0.15) is 0 Å². The molecule has 3 heterocycles. The van der Waals surface area contributed by atoms with Gasteiger partial charge in [0.2, 0.25) is 5.91 Å². The van der Waals surface area contributed by atoms with Gasteiger partial charge in [0.05, 0.1) is 41.5 Å². The van der Waals surface area contributed by atoms with E-state index in [1.54, 1.807) is 34.6 Å². The topological polar surface area (TPSA) is 198 Å². The Morgan fingerprint density at radius 1 is 0.984 bits per heavy atom. The monoisotopic (exact) mass is 888 g/mol. The van der Waals surface area contributed by atoms with Gasteiger partial charge in [-0.05, 0) is 114 Å². The summed E-state index contributed by atoms with van der Waals surface area (Å²) in [6, 6.07) is -0.665. The molecule has 16 nitrogen and oxygen atoms in total. The van der Waals surface area contributed by atoms with E-state index >= 15 is 0 Å². The highest BCUT2D eigenvalue weighted by molar-refractivity contribution is 5.79. The molecule has 362 valence electrons. The molecule has 3 aliphatic heterocycles. The van der Waals surface area contributed by atoms with E-state index < -0.39 is 89.9 Å². The van der Waals surface area contributed by atoms with E-state index in [0.717, 1.165) is 19.3 Å². The molecule has 4 aliphatic rings. The molecule has 1 amide bonds. The van der Waals surface area contributed by atoms with E-state index in [1.165, 1.54) is 7.11 Å². The lowest BCUT2D eigenvalue weighted by atomic mass is 9.77. The summed E-state index contributed by atoms with van der Waals surface area (Å²) >= 11 is 0. The molecule has 1 aliphatic carbocycles. The molecule has 0 aromatic heterocycles. The SMILES string of the molecule is CC[C@H]1OC(=O)[C@H](C)[C@@H](O[C@H]2C[C@@](C)(OC)[C@@H](O)[C@H](C)O2)[C@H](C)[C@@H](O[C@@H]2O[C@H](C)C[C@H](N(C)C)[C@H]2O)[C@](C)(O)C[C@@H](C)CN(C)[C@H](C)[C@@H](OCCCNC(=O)C2CCC2)[C@]1(C)O. The third kappa shape index (κ3) is 12.7. The van der Waals surface area contributed by atoms with Gasteiger partial charge in [0.15, 0.2) is 12.6 Å². The van der Waals surface area contributed by atoms with E-state index in [0.29, 0.717) is 25.9 Å². The lowest BCUT2D eigenvalue weighted by Crippen LogP contribution is -2.60. The number of methoxy groups -OCH3 is 1. The Morgan fingerprint density at radius 2 is 1.65 bits per heavy atom. The number of likely N-dealkylation sites (N-methyl/N-ethyl adjacent to an activating group) is 2. The number of rotatable bonds is 13. The molecule has 62 heavy (non-hydrogen) atoms. The van der Waals surface area contributed by atoms with Crippen LogP contribution in [0.2, 0.25) is 0 Å². The van der Waals surface area contributed by atoms with Gasteiger partial charge in [0, 0.05) is 57.1 Å². The number of aliphatic hydroxyl groups is 4. The molecule has 5 N–H and O–H groups in total. The van der Waals surface area contributed by atoms with E-state index in [4.69, 9.17) is 33.2 Å². The van der Waals surface area contributed by atoms with Crippen LogP contribution >= 0.6 is 0 Å². The highest BCUT2D eigenvalue weighted by atomic mass is 16.7. The number of hydrogen-bond acceptors (Lipinski definition) is 15. The predicted molar refractivity (Wildman–Crippen MR) is 233 cm³/mol. The molecule has 0 bridgehead atoms. The molecule has 0 spiro atoms. The highest BCUT2D eigenvalue weighted by Crippen LogP contribution is 2.40. The Bertz CT molecular complexity index is 1420. The maximum absolute atomic E-state index is 14.6. The number of cyclic esters (lactones) is 1. The van der Waals surface area contributed by atoms with Gasteiger partial charge in [-0.25, -0.2) is 0 Å². The number of ether oxygens (including phenoxy) is 7. The van der Waals surface area contributed by atoms with Crippen LogP contribution in [0.1, 0.15) is 121 Å². The van der Waals surface area contributed by atoms with Gasteiger partial charge >= 0.3 is 5.97 Å². The van der Waals surface area contributed by atoms with E-state index in [2.05, 4.69) is 10.2 Å². The van der Waals surface area contributed by atoms with Crippen LogP contribution in [0.15, 0.2) is 0 Å². The summed E-state index contributed by atoms with van der Waals surface area (Å²) in [5, 5.41) is 51.0. The van der Waals surface area contributed by atoms with E-state index in [-0.39, 0.29) is 61.8 Å². The maximum atomic E-state index is 14.6. The second kappa shape index (κ2) is 22.3. The second-order valence-corrected chi connectivity index (χ2v) is 20.3. The molecule has 0 aromatic carbocycles. The van der Waals surface area contributed by atoms with Gasteiger partial charge in [-0.15, -0.1) is 0 Å². The lowest BCUT2D eigenvalue weighted by molar-refractivity contribution is -0.318. The minimum Gasteiger partial charge on any atom is -0.459 e. The van der Waals surface area contributed by atoms with Crippen molar-refractivity contribution in [1.82, 2.24) is 15.1 Å². The number of carbonyl (C=O) groups is 2. The van der Waals surface area contributed by atoms with Crippen molar-refractivity contribution in [2.24, 2.45) is 23.7 Å². The van der Waals surface area contributed by atoms with E-state index in [1.807, 2.05) is 60.7 Å². The Labute approximate surface area is 372 Å². The van der Waals surface area contributed by atoms with Crippen LogP contribution in [-0.2, 0) is 42.7 Å². The average molecular weight is 888 g/mol. The van der Waals surface area contributed by atoms with Crippen molar-refractivity contribution in [3.63, 3.8) is 0 Å². The summed E-state index contributed by atoms with van der Waals surface area (Å²) in [5.74, 6) is -2.41. The highest BCUT2D eigenvalue weighted by Gasteiger charge is 2.53. The number of esters is 1. The first-order chi connectivity index (χ1) is 28.9. The third-order valence-electron chi connectivity index (χ3n) is 14.6. The molecule has 0 radical (unpaired) electrons. The molecule has 0 aromatic rings. The van der Waals surface area contributed by atoms with Gasteiger partial charge in [0.25, 0.3) is 0 Å². The first-order valence-corrected chi connectivity index (χ1v) is 23.3. The zero-order chi connectivity index (χ0) is 46.5. The van der Waals surface area contributed by atoms with Crippen LogP contribution in [0.5, 0.6) is 0 Å².